The summed E-state index contributed by atoms with van der Waals surface area (Å²) >= 11 is 0. The molecule has 0 radical (unpaired) electrons. The van der Waals surface area contributed by atoms with E-state index in [0.717, 1.165) is 12.8 Å². The number of rotatable bonds is 5. The minimum atomic E-state index is -1.15. The zero-order valence-electron chi connectivity index (χ0n) is 11.8. The number of nitro groups is 1. The molecule has 1 saturated carbocycles. The minimum absolute atomic E-state index is 0.00954. The molecule has 1 aliphatic carbocycles. The van der Waals surface area contributed by atoms with Gasteiger partial charge in [-0.3, -0.25) is 10.1 Å². The van der Waals surface area contributed by atoms with Crippen molar-refractivity contribution in [1.29, 1.82) is 0 Å². The minimum Gasteiger partial charge on any atom is -0.478 e. The Morgan fingerprint density at radius 3 is 2.57 bits per heavy atom. The van der Waals surface area contributed by atoms with Gasteiger partial charge in [-0.05, 0) is 18.9 Å². The molecule has 1 aromatic carbocycles. The second-order valence-electron chi connectivity index (χ2n) is 5.55. The molecular formula is C14H18N2O5. The summed E-state index contributed by atoms with van der Waals surface area (Å²) in [7, 11) is 1.64. The average Bonchev–Trinajstić information content (AvgIpc) is 2.84. The highest BCUT2D eigenvalue weighted by Crippen LogP contribution is 2.33. The third-order valence-corrected chi connectivity index (χ3v) is 3.90. The lowest BCUT2D eigenvalue weighted by atomic mass is 10.0. The van der Waals surface area contributed by atoms with E-state index in [0.29, 0.717) is 12.8 Å². The van der Waals surface area contributed by atoms with Gasteiger partial charge in [0.15, 0.2) is 0 Å². The molecule has 2 rings (SSSR count). The molecule has 1 fully saturated rings. The second-order valence-corrected chi connectivity index (χ2v) is 5.55. The van der Waals surface area contributed by atoms with Crippen LogP contribution in [0.2, 0.25) is 0 Å². The second kappa shape index (κ2) is 5.69. The van der Waals surface area contributed by atoms with Crippen LogP contribution in [0.15, 0.2) is 18.2 Å². The molecule has 7 heteroatoms. The molecule has 0 spiro atoms. The van der Waals surface area contributed by atoms with Crippen LogP contribution in [0.5, 0.6) is 0 Å². The van der Waals surface area contributed by atoms with Gasteiger partial charge in [0, 0.05) is 25.7 Å². The normalized spacial score (nSPS) is 16.7. The van der Waals surface area contributed by atoms with Crippen LogP contribution in [0, 0.1) is 10.1 Å². The van der Waals surface area contributed by atoms with Gasteiger partial charge >= 0.3 is 5.97 Å². The lowest BCUT2D eigenvalue weighted by Gasteiger charge is -2.30. The van der Waals surface area contributed by atoms with Crippen LogP contribution in [-0.2, 0) is 0 Å². The van der Waals surface area contributed by atoms with E-state index in [2.05, 4.69) is 0 Å². The molecule has 7 nitrogen and oxygen atoms in total. The first-order valence-corrected chi connectivity index (χ1v) is 6.78. The molecule has 0 aliphatic heterocycles. The van der Waals surface area contributed by atoms with E-state index in [-0.39, 0.29) is 23.5 Å². The molecule has 1 aliphatic rings. The monoisotopic (exact) mass is 294 g/mol. The number of hydrogen-bond acceptors (Lipinski definition) is 5. The van der Waals surface area contributed by atoms with Crippen LogP contribution >= 0.6 is 0 Å². The van der Waals surface area contributed by atoms with Gasteiger partial charge < -0.3 is 15.1 Å². The molecule has 0 bridgehead atoms. The van der Waals surface area contributed by atoms with Gasteiger partial charge in [-0.15, -0.1) is 0 Å². The number of aliphatic hydroxyl groups is 1. The third kappa shape index (κ3) is 3.30. The number of aromatic carboxylic acids is 1. The van der Waals surface area contributed by atoms with Crippen molar-refractivity contribution < 1.29 is 19.9 Å². The predicted octanol–water partition coefficient (Wildman–Crippen LogP) is 2.03. The molecule has 114 valence electrons. The Bertz CT molecular complexity index is 566. The van der Waals surface area contributed by atoms with Gasteiger partial charge in [-0.1, -0.05) is 12.8 Å². The van der Waals surface area contributed by atoms with Crippen molar-refractivity contribution in [3.05, 3.63) is 33.9 Å². The van der Waals surface area contributed by atoms with Crippen molar-refractivity contribution in [2.45, 2.75) is 31.3 Å². The molecular weight excluding hydrogens is 276 g/mol. The van der Waals surface area contributed by atoms with Gasteiger partial charge in [0.1, 0.15) is 0 Å². The number of hydrogen-bond donors (Lipinski definition) is 2. The van der Waals surface area contributed by atoms with E-state index in [4.69, 9.17) is 0 Å². The highest BCUT2D eigenvalue weighted by atomic mass is 16.6. The predicted molar refractivity (Wildman–Crippen MR) is 76.7 cm³/mol. The Morgan fingerprint density at radius 2 is 2.05 bits per heavy atom. The number of likely N-dealkylation sites (N-methyl/N-ethyl adjacent to an activating group) is 1. The van der Waals surface area contributed by atoms with Crippen LogP contribution in [0.3, 0.4) is 0 Å². The molecule has 0 heterocycles. The lowest BCUT2D eigenvalue weighted by Crippen LogP contribution is -2.39. The fourth-order valence-electron chi connectivity index (χ4n) is 2.85. The molecule has 0 unspecified atom stereocenters. The van der Waals surface area contributed by atoms with Gasteiger partial charge in [0.2, 0.25) is 0 Å². The zero-order chi connectivity index (χ0) is 15.6. The van der Waals surface area contributed by atoms with Crippen LogP contribution in [0.25, 0.3) is 0 Å². The standard InChI is InChI=1S/C14H18N2O5/c1-15(9-14(19)6-2-3-7-14)12-8-10(16(20)21)4-5-11(12)13(17)18/h4-5,8,19H,2-3,6-7,9H2,1H3,(H,17,18). The quantitative estimate of drug-likeness (QED) is 0.636. The van der Waals surface area contributed by atoms with E-state index >= 15 is 0 Å². The Balaban J connectivity index is 2.32. The summed E-state index contributed by atoms with van der Waals surface area (Å²) < 4.78 is 0. The number of anilines is 1. The van der Waals surface area contributed by atoms with Crippen molar-refractivity contribution >= 4 is 17.3 Å². The summed E-state index contributed by atoms with van der Waals surface area (Å²) in [5.74, 6) is -1.15. The molecule has 21 heavy (non-hydrogen) atoms. The van der Waals surface area contributed by atoms with Crippen LogP contribution in [0.4, 0.5) is 11.4 Å². The summed E-state index contributed by atoms with van der Waals surface area (Å²) in [4.78, 5) is 23.1. The van der Waals surface area contributed by atoms with Crippen molar-refractivity contribution in [1.82, 2.24) is 0 Å². The Kier molecular flexibility index (Phi) is 4.13. The SMILES string of the molecule is CN(CC1(O)CCCC1)c1cc([N+](=O)[O-])ccc1C(=O)O. The van der Waals surface area contributed by atoms with Crippen LogP contribution in [-0.4, -0.2) is 40.3 Å². The number of carboxylic acid groups (broad SMARTS) is 1. The fourth-order valence-corrected chi connectivity index (χ4v) is 2.85. The number of carbonyl (C=O) groups is 1. The lowest BCUT2D eigenvalue weighted by molar-refractivity contribution is -0.384. The topological polar surface area (TPSA) is 104 Å². The van der Waals surface area contributed by atoms with Crippen LogP contribution < -0.4 is 4.90 Å². The molecule has 2 N–H and O–H groups in total. The summed E-state index contributed by atoms with van der Waals surface area (Å²) in [5.41, 5.74) is -0.781. The largest absolute Gasteiger partial charge is 0.478 e. The highest BCUT2D eigenvalue weighted by molar-refractivity contribution is 5.95. The van der Waals surface area contributed by atoms with E-state index in [1.807, 2.05) is 0 Å². The maximum Gasteiger partial charge on any atom is 0.337 e. The Hall–Kier alpha value is -2.15. The summed E-state index contributed by atoms with van der Waals surface area (Å²) in [6.45, 7) is 0.258. The molecule has 0 saturated heterocycles. The van der Waals surface area contributed by atoms with Crippen LogP contribution in [0.1, 0.15) is 36.0 Å². The molecule has 1 aromatic rings. The number of benzene rings is 1. The molecule has 0 aromatic heterocycles. The Labute approximate surface area is 122 Å². The average molecular weight is 294 g/mol. The van der Waals surface area contributed by atoms with Crippen molar-refractivity contribution in [2.24, 2.45) is 0 Å². The third-order valence-electron chi connectivity index (χ3n) is 3.90. The summed E-state index contributed by atoms with van der Waals surface area (Å²) in [6, 6.07) is 3.64. The molecule has 0 atom stereocenters. The van der Waals surface area contributed by atoms with E-state index in [1.165, 1.54) is 18.2 Å². The summed E-state index contributed by atoms with van der Waals surface area (Å²) in [6.07, 6.45) is 3.19. The first kappa shape index (κ1) is 15.2. The molecule has 0 amide bonds. The van der Waals surface area contributed by atoms with E-state index in [1.54, 1.807) is 11.9 Å². The number of carboxylic acids is 1. The number of nitro benzene ring substituents is 1. The fraction of sp³-hybridized carbons (Fsp3) is 0.500. The first-order chi connectivity index (χ1) is 9.82. The smallest absolute Gasteiger partial charge is 0.337 e. The maximum atomic E-state index is 11.3. The maximum absolute atomic E-state index is 11.3. The first-order valence-electron chi connectivity index (χ1n) is 6.78. The van der Waals surface area contributed by atoms with Gasteiger partial charge in [0.05, 0.1) is 21.8 Å². The van der Waals surface area contributed by atoms with Crippen molar-refractivity contribution in [2.75, 3.05) is 18.5 Å². The van der Waals surface area contributed by atoms with E-state index < -0.39 is 16.5 Å². The van der Waals surface area contributed by atoms with Gasteiger partial charge in [-0.25, -0.2) is 4.79 Å². The van der Waals surface area contributed by atoms with Crippen molar-refractivity contribution in [3.8, 4) is 0 Å². The van der Waals surface area contributed by atoms with Gasteiger partial charge in [0.25, 0.3) is 5.69 Å². The van der Waals surface area contributed by atoms with Crippen molar-refractivity contribution in [3.63, 3.8) is 0 Å². The van der Waals surface area contributed by atoms with Gasteiger partial charge in [-0.2, -0.15) is 0 Å². The summed E-state index contributed by atoms with van der Waals surface area (Å²) in [5, 5.41) is 30.5. The highest BCUT2D eigenvalue weighted by Gasteiger charge is 2.33. The number of non-ortho nitro benzene ring substituents is 1. The Morgan fingerprint density at radius 1 is 1.43 bits per heavy atom. The zero-order valence-corrected chi connectivity index (χ0v) is 11.8. The number of nitrogens with zero attached hydrogens (tertiary/aromatic N) is 2. The van der Waals surface area contributed by atoms with E-state index in [9.17, 15) is 25.1 Å².